The molecule has 3 aromatic carbocycles. The predicted octanol–water partition coefficient (Wildman–Crippen LogP) is 6.06. The lowest BCUT2D eigenvalue weighted by Crippen LogP contribution is -2.30. The summed E-state index contributed by atoms with van der Waals surface area (Å²) in [6.07, 6.45) is 0.688. The van der Waals surface area contributed by atoms with E-state index >= 15 is 0 Å². The molecule has 0 bridgehead atoms. The van der Waals surface area contributed by atoms with E-state index in [2.05, 4.69) is 43.3 Å². The van der Waals surface area contributed by atoms with E-state index < -0.39 is 5.97 Å². The van der Waals surface area contributed by atoms with Crippen LogP contribution in [0.2, 0.25) is 0 Å². The normalized spacial score (nSPS) is 12.1. The highest BCUT2D eigenvalue weighted by Crippen LogP contribution is 2.27. The van der Waals surface area contributed by atoms with E-state index in [9.17, 15) is 9.59 Å². The number of ether oxygens (including phenoxy) is 1. The molecule has 4 rings (SSSR count). The van der Waals surface area contributed by atoms with Gasteiger partial charge in [0.1, 0.15) is 0 Å². The molecule has 1 heterocycles. The van der Waals surface area contributed by atoms with Crippen molar-refractivity contribution in [2.75, 3.05) is 6.61 Å². The highest BCUT2D eigenvalue weighted by Gasteiger charge is 2.25. The first-order valence-electron chi connectivity index (χ1n) is 12.5. The predicted molar refractivity (Wildman–Crippen MR) is 145 cm³/mol. The quantitative estimate of drug-likeness (QED) is 0.302. The maximum absolute atomic E-state index is 13.3. The average molecular weight is 496 g/mol. The molecule has 0 spiro atoms. The summed E-state index contributed by atoms with van der Waals surface area (Å²) in [4.78, 5) is 25.6. The number of hydrogen-bond donors (Lipinski definition) is 1. The largest absolute Gasteiger partial charge is 0.461 e. The Morgan fingerprint density at radius 3 is 2.14 bits per heavy atom. The topological polar surface area (TPSA) is 73.2 Å². The number of carbonyl (C=O) groups is 2. The Bertz CT molecular complexity index is 1340. The van der Waals surface area contributed by atoms with E-state index in [0.717, 1.165) is 22.5 Å². The lowest BCUT2D eigenvalue weighted by molar-refractivity contribution is 0.0518. The standard InChI is InChI=1S/C31H33N3O3/c1-5-37-30(36)27-21-28(31(2,3)4)34(33-27)25-18-16-24(17-19-25)29(35)32-26(23-14-10-7-11-15-23)20-22-12-8-6-9-13-22/h6-19,21,26H,5,20H2,1-4H3,(H,32,35). The summed E-state index contributed by atoms with van der Waals surface area (Å²) in [5, 5.41) is 7.72. The van der Waals surface area contributed by atoms with E-state index in [0.29, 0.717) is 12.0 Å². The van der Waals surface area contributed by atoms with Crippen molar-refractivity contribution in [2.24, 2.45) is 0 Å². The van der Waals surface area contributed by atoms with Crippen LogP contribution >= 0.6 is 0 Å². The summed E-state index contributed by atoms with van der Waals surface area (Å²) < 4.78 is 6.89. The van der Waals surface area contributed by atoms with Crippen LogP contribution in [0.5, 0.6) is 0 Å². The molecule has 1 unspecified atom stereocenters. The van der Waals surface area contributed by atoms with Gasteiger partial charge in [0.25, 0.3) is 5.91 Å². The summed E-state index contributed by atoms with van der Waals surface area (Å²) >= 11 is 0. The Labute approximate surface area is 218 Å². The zero-order chi connectivity index (χ0) is 26.4. The van der Waals surface area contributed by atoms with Crippen molar-refractivity contribution >= 4 is 11.9 Å². The van der Waals surface area contributed by atoms with Gasteiger partial charge in [-0.25, -0.2) is 9.48 Å². The molecule has 6 heteroatoms. The molecule has 0 radical (unpaired) electrons. The molecule has 0 aliphatic heterocycles. The fourth-order valence-electron chi connectivity index (χ4n) is 4.20. The van der Waals surface area contributed by atoms with Gasteiger partial charge in [-0.15, -0.1) is 0 Å². The number of amides is 1. The van der Waals surface area contributed by atoms with Gasteiger partial charge >= 0.3 is 5.97 Å². The molecule has 1 aromatic heterocycles. The van der Waals surface area contributed by atoms with Crippen LogP contribution in [-0.4, -0.2) is 28.3 Å². The molecular formula is C31H33N3O3. The molecule has 0 aliphatic carbocycles. The Morgan fingerprint density at radius 2 is 1.54 bits per heavy atom. The number of nitrogens with zero attached hydrogens (tertiary/aromatic N) is 2. The molecular weight excluding hydrogens is 462 g/mol. The van der Waals surface area contributed by atoms with Crippen molar-refractivity contribution in [3.8, 4) is 5.69 Å². The molecule has 37 heavy (non-hydrogen) atoms. The SMILES string of the molecule is CCOC(=O)c1cc(C(C)(C)C)n(-c2ccc(C(=O)NC(Cc3ccccc3)c3ccccc3)cc2)n1. The molecule has 0 aliphatic rings. The van der Waals surface area contributed by atoms with Crippen molar-refractivity contribution in [1.82, 2.24) is 15.1 Å². The smallest absolute Gasteiger partial charge is 0.358 e. The Hall–Kier alpha value is -4.19. The summed E-state index contributed by atoms with van der Waals surface area (Å²) in [6, 6.07) is 29.0. The van der Waals surface area contributed by atoms with Gasteiger partial charge in [-0.3, -0.25) is 4.79 Å². The minimum Gasteiger partial charge on any atom is -0.461 e. The van der Waals surface area contributed by atoms with Gasteiger partial charge in [-0.05, 0) is 54.8 Å². The third kappa shape index (κ3) is 6.33. The highest BCUT2D eigenvalue weighted by molar-refractivity contribution is 5.94. The van der Waals surface area contributed by atoms with E-state index in [-0.39, 0.29) is 29.7 Å². The molecule has 190 valence electrons. The van der Waals surface area contributed by atoms with Gasteiger partial charge in [-0.1, -0.05) is 81.4 Å². The van der Waals surface area contributed by atoms with Crippen LogP contribution in [0, 0.1) is 0 Å². The second-order valence-corrected chi connectivity index (χ2v) is 9.97. The first kappa shape index (κ1) is 25.9. The molecule has 1 amide bonds. The first-order chi connectivity index (χ1) is 17.8. The minimum absolute atomic E-state index is 0.153. The highest BCUT2D eigenvalue weighted by atomic mass is 16.5. The van der Waals surface area contributed by atoms with Crippen LogP contribution in [-0.2, 0) is 16.6 Å². The van der Waals surface area contributed by atoms with Crippen molar-refractivity contribution in [2.45, 2.75) is 45.6 Å². The number of esters is 1. The number of hydrogen-bond acceptors (Lipinski definition) is 4. The fourth-order valence-corrected chi connectivity index (χ4v) is 4.20. The lowest BCUT2D eigenvalue weighted by atomic mass is 9.91. The minimum atomic E-state index is -0.451. The first-order valence-corrected chi connectivity index (χ1v) is 12.5. The van der Waals surface area contributed by atoms with Gasteiger partial charge in [0.05, 0.1) is 24.0 Å². The zero-order valence-corrected chi connectivity index (χ0v) is 21.8. The van der Waals surface area contributed by atoms with Crippen LogP contribution < -0.4 is 5.32 Å². The van der Waals surface area contributed by atoms with Gasteiger partial charge < -0.3 is 10.1 Å². The van der Waals surface area contributed by atoms with Crippen LogP contribution in [0.3, 0.4) is 0 Å². The van der Waals surface area contributed by atoms with Gasteiger partial charge in [0, 0.05) is 11.0 Å². The lowest BCUT2D eigenvalue weighted by Gasteiger charge is -2.21. The monoisotopic (exact) mass is 495 g/mol. The zero-order valence-electron chi connectivity index (χ0n) is 21.8. The molecule has 6 nitrogen and oxygen atoms in total. The van der Waals surface area contributed by atoms with E-state index in [1.807, 2.05) is 60.7 Å². The Kier molecular flexibility index (Phi) is 7.87. The third-order valence-electron chi connectivity index (χ3n) is 6.13. The summed E-state index contributed by atoms with van der Waals surface area (Å²) in [6.45, 7) is 8.25. The number of carbonyl (C=O) groups excluding carboxylic acids is 2. The Morgan fingerprint density at radius 1 is 0.919 bits per heavy atom. The van der Waals surface area contributed by atoms with Crippen molar-refractivity contribution in [1.29, 1.82) is 0 Å². The van der Waals surface area contributed by atoms with E-state index in [1.54, 1.807) is 29.8 Å². The second kappa shape index (κ2) is 11.2. The maximum atomic E-state index is 13.3. The molecule has 1 N–H and O–H groups in total. The molecule has 1 atom stereocenters. The molecule has 0 saturated carbocycles. The summed E-state index contributed by atoms with van der Waals surface area (Å²) in [5.74, 6) is -0.604. The van der Waals surface area contributed by atoms with Crippen LogP contribution in [0.4, 0.5) is 0 Å². The second-order valence-electron chi connectivity index (χ2n) is 9.97. The van der Waals surface area contributed by atoms with Gasteiger partial charge in [0.2, 0.25) is 0 Å². The van der Waals surface area contributed by atoms with Crippen LogP contribution in [0.25, 0.3) is 5.69 Å². The molecule has 0 fully saturated rings. The van der Waals surface area contributed by atoms with Crippen molar-refractivity contribution in [3.63, 3.8) is 0 Å². The number of rotatable bonds is 8. The maximum Gasteiger partial charge on any atom is 0.358 e. The van der Waals surface area contributed by atoms with Crippen molar-refractivity contribution in [3.05, 3.63) is 119 Å². The average Bonchev–Trinajstić information content (AvgIpc) is 3.36. The van der Waals surface area contributed by atoms with Gasteiger partial charge in [0.15, 0.2) is 5.69 Å². The van der Waals surface area contributed by atoms with Crippen molar-refractivity contribution < 1.29 is 14.3 Å². The van der Waals surface area contributed by atoms with E-state index in [4.69, 9.17) is 4.74 Å². The third-order valence-corrected chi connectivity index (χ3v) is 6.13. The number of nitrogens with one attached hydrogen (secondary N) is 1. The number of aromatic nitrogens is 2. The molecule has 4 aromatic rings. The van der Waals surface area contributed by atoms with Crippen LogP contribution in [0.15, 0.2) is 91.0 Å². The summed E-state index contributed by atoms with van der Waals surface area (Å²) in [5.41, 5.74) is 4.40. The van der Waals surface area contributed by atoms with E-state index in [1.165, 1.54) is 0 Å². The Balaban J connectivity index is 1.58. The number of benzene rings is 3. The van der Waals surface area contributed by atoms with Gasteiger partial charge in [-0.2, -0.15) is 5.10 Å². The molecule has 0 saturated heterocycles. The fraction of sp³-hybridized carbons (Fsp3) is 0.258. The summed E-state index contributed by atoms with van der Waals surface area (Å²) in [7, 11) is 0. The van der Waals surface area contributed by atoms with Crippen LogP contribution in [0.1, 0.15) is 71.4 Å².